The molecule has 0 unspecified atom stereocenters. The topological polar surface area (TPSA) is 54.0 Å². The van der Waals surface area contributed by atoms with Crippen molar-refractivity contribution in [1.29, 1.82) is 0 Å². The molecule has 0 heterocycles. The first-order chi connectivity index (χ1) is 15.8. The first-order valence-electron chi connectivity index (χ1n) is 13.6. The minimum Gasteiger partial charge on any atom is -0.499 e. The molecule has 0 atom stereocenters. The Morgan fingerprint density at radius 2 is 1.15 bits per heavy atom. The molecule has 0 saturated heterocycles. The van der Waals surface area contributed by atoms with Gasteiger partial charge in [0, 0.05) is 6.61 Å². The molecule has 5 nitrogen and oxygen atoms in total. The van der Waals surface area contributed by atoms with Gasteiger partial charge in [0.2, 0.25) is 0 Å². The van der Waals surface area contributed by atoms with Crippen molar-refractivity contribution in [2.45, 2.75) is 137 Å². The second kappa shape index (κ2) is 22.1. The van der Waals surface area contributed by atoms with Crippen molar-refractivity contribution >= 4 is 7.60 Å². The largest absolute Gasteiger partial charge is 0.499 e. The first kappa shape index (κ1) is 32.7. The third-order valence-electron chi connectivity index (χ3n) is 5.43. The van der Waals surface area contributed by atoms with Crippen LogP contribution in [-0.4, -0.2) is 38.7 Å². The first-order valence-corrected chi connectivity index (χ1v) is 15.3. The Morgan fingerprint density at radius 1 is 0.727 bits per heavy atom. The van der Waals surface area contributed by atoms with Crippen molar-refractivity contribution in [1.82, 2.24) is 0 Å². The molecule has 0 fully saturated rings. The quantitative estimate of drug-likeness (QED) is 0.0767. The molecule has 0 aliphatic rings. The molecule has 198 valence electrons. The van der Waals surface area contributed by atoms with Crippen LogP contribution in [0.15, 0.2) is 11.8 Å². The summed E-state index contributed by atoms with van der Waals surface area (Å²) in [4.78, 5) is 0. The Morgan fingerprint density at radius 3 is 1.55 bits per heavy atom. The number of ether oxygens (including phenoxy) is 2. The minimum absolute atomic E-state index is 0.162. The summed E-state index contributed by atoms with van der Waals surface area (Å²) in [5.41, 5.74) is 0. The lowest BCUT2D eigenvalue weighted by atomic mass is 10.0. The van der Waals surface area contributed by atoms with E-state index in [1.54, 1.807) is 13.2 Å². The number of allylic oxidation sites excluding steroid dienone is 1. The van der Waals surface area contributed by atoms with Gasteiger partial charge in [-0.05, 0) is 40.2 Å². The summed E-state index contributed by atoms with van der Waals surface area (Å²) in [7, 11) is -1.58. The Labute approximate surface area is 205 Å². The highest BCUT2D eigenvalue weighted by atomic mass is 31.2. The van der Waals surface area contributed by atoms with Crippen LogP contribution in [0.5, 0.6) is 0 Å². The van der Waals surface area contributed by atoms with Gasteiger partial charge in [0.15, 0.2) is 0 Å². The summed E-state index contributed by atoms with van der Waals surface area (Å²) in [6.07, 6.45) is 20.6. The van der Waals surface area contributed by atoms with Crippen molar-refractivity contribution in [2.24, 2.45) is 0 Å². The maximum atomic E-state index is 12.9. The number of unbranched alkanes of at least 4 members (excludes halogenated alkanes) is 13. The lowest BCUT2D eigenvalue weighted by Crippen LogP contribution is -2.10. The maximum absolute atomic E-state index is 12.9. The van der Waals surface area contributed by atoms with Gasteiger partial charge in [0.1, 0.15) is 12.4 Å². The molecule has 0 aliphatic carbocycles. The van der Waals surface area contributed by atoms with E-state index in [-0.39, 0.29) is 18.4 Å². The van der Waals surface area contributed by atoms with E-state index in [9.17, 15) is 4.57 Å². The molecule has 0 N–H and O–H groups in total. The van der Waals surface area contributed by atoms with Crippen molar-refractivity contribution in [3.63, 3.8) is 0 Å². The number of hydrogen-bond acceptors (Lipinski definition) is 5. The molecule has 0 rings (SSSR count). The van der Waals surface area contributed by atoms with Crippen LogP contribution < -0.4 is 0 Å². The molecule has 0 bridgehead atoms. The van der Waals surface area contributed by atoms with E-state index >= 15 is 0 Å². The third-order valence-corrected chi connectivity index (χ3v) is 7.55. The summed E-state index contributed by atoms with van der Waals surface area (Å²) in [5.74, 6) is 0.667. The molecule has 0 saturated carbocycles. The fourth-order valence-corrected chi connectivity index (χ4v) is 5.67. The predicted octanol–water partition coefficient (Wildman–Crippen LogP) is 9.06. The van der Waals surface area contributed by atoms with E-state index in [0.717, 1.165) is 13.0 Å². The zero-order chi connectivity index (χ0) is 24.8. The van der Waals surface area contributed by atoms with Crippen LogP contribution >= 0.6 is 7.60 Å². The van der Waals surface area contributed by atoms with Gasteiger partial charge < -0.3 is 18.5 Å². The van der Waals surface area contributed by atoms with Gasteiger partial charge in [-0.3, -0.25) is 4.57 Å². The van der Waals surface area contributed by atoms with Gasteiger partial charge in [-0.2, -0.15) is 0 Å². The zero-order valence-electron chi connectivity index (χ0n) is 22.7. The van der Waals surface area contributed by atoms with Crippen molar-refractivity contribution < 1.29 is 23.1 Å². The molecule has 0 aromatic rings. The zero-order valence-corrected chi connectivity index (χ0v) is 23.6. The Bertz CT molecular complexity index is 491. The van der Waals surface area contributed by atoms with Crippen LogP contribution in [0.25, 0.3) is 0 Å². The summed E-state index contributed by atoms with van der Waals surface area (Å²) in [6, 6.07) is 0. The van der Waals surface area contributed by atoms with Gasteiger partial charge in [-0.25, -0.2) is 0 Å². The molecule has 0 amide bonds. The monoisotopic (exact) mass is 490 g/mol. The summed E-state index contributed by atoms with van der Waals surface area (Å²) >= 11 is 0. The fraction of sp³-hybridized carbons (Fsp3) is 0.926. The number of rotatable bonds is 24. The second-order valence-corrected chi connectivity index (χ2v) is 11.6. The smallest absolute Gasteiger partial charge is 0.335 e. The lowest BCUT2D eigenvalue weighted by molar-refractivity contribution is 0.110. The summed E-state index contributed by atoms with van der Waals surface area (Å²) in [6.45, 7) is 10.8. The van der Waals surface area contributed by atoms with Crippen LogP contribution in [0.2, 0.25) is 0 Å². The molecular weight excluding hydrogens is 435 g/mol. The van der Waals surface area contributed by atoms with Crippen molar-refractivity contribution in [3.8, 4) is 0 Å². The van der Waals surface area contributed by atoms with Gasteiger partial charge in [0.05, 0.1) is 25.5 Å². The van der Waals surface area contributed by atoms with Crippen LogP contribution in [0.4, 0.5) is 0 Å². The van der Waals surface area contributed by atoms with Crippen LogP contribution in [0.3, 0.4) is 0 Å². The second-order valence-electron chi connectivity index (χ2n) is 9.63. The highest BCUT2D eigenvalue weighted by Gasteiger charge is 2.26. The molecule has 0 aromatic carbocycles. The van der Waals surface area contributed by atoms with Crippen molar-refractivity contribution in [2.75, 3.05) is 26.5 Å². The van der Waals surface area contributed by atoms with E-state index in [0.29, 0.717) is 12.4 Å². The number of hydrogen-bond donors (Lipinski definition) is 0. The van der Waals surface area contributed by atoms with Gasteiger partial charge >= 0.3 is 7.60 Å². The molecular formula is C27H55O5P. The van der Waals surface area contributed by atoms with Gasteiger partial charge in [-0.1, -0.05) is 90.4 Å². The highest BCUT2D eigenvalue weighted by Crippen LogP contribution is 2.50. The normalized spacial score (nSPS) is 12.8. The van der Waals surface area contributed by atoms with E-state index in [1.165, 1.54) is 83.5 Å². The fourth-order valence-electron chi connectivity index (χ4n) is 3.74. The molecule has 0 spiro atoms. The Balaban J connectivity index is 3.78. The van der Waals surface area contributed by atoms with Gasteiger partial charge in [0.25, 0.3) is 0 Å². The summed E-state index contributed by atoms with van der Waals surface area (Å²) in [5, 5.41) is 0. The molecule has 6 heteroatoms. The van der Waals surface area contributed by atoms with E-state index in [1.807, 2.05) is 27.7 Å². The SMILES string of the molecule is CCCCCCCCCCCCCCCCOCC(=CCP(=O)(OC(C)C)OC(C)C)OC. The van der Waals surface area contributed by atoms with Crippen molar-refractivity contribution in [3.05, 3.63) is 11.8 Å². The molecule has 0 radical (unpaired) electrons. The average Bonchev–Trinajstić information content (AvgIpc) is 2.74. The predicted molar refractivity (Wildman–Crippen MR) is 141 cm³/mol. The van der Waals surface area contributed by atoms with Crippen LogP contribution in [0, 0.1) is 0 Å². The summed E-state index contributed by atoms with van der Waals surface area (Å²) < 4.78 is 35.2. The lowest BCUT2D eigenvalue weighted by Gasteiger charge is -2.22. The Kier molecular flexibility index (Phi) is 21.9. The Hall–Kier alpha value is -0.350. The average molecular weight is 491 g/mol. The van der Waals surface area contributed by atoms with Gasteiger partial charge in [-0.15, -0.1) is 0 Å². The van der Waals surface area contributed by atoms with E-state index in [2.05, 4.69) is 6.92 Å². The van der Waals surface area contributed by atoms with Crippen LogP contribution in [-0.2, 0) is 23.1 Å². The standard InChI is InChI=1S/C27H55O5P/c1-7-8-9-10-11-12-13-14-15-16-17-18-19-20-22-30-24-27(29-6)21-23-33(28,31-25(2)3)32-26(4)5/h21,25-26H,7-20,22-24H2,1-6H3. The minimum atomic E-state index is -3.19. The molecule has 33 heavy (non-hydrogen) atoms. The number of methoxy groups -OCH3 is 1. The van der Waals surface area contributed by atoms with E-state index in [4.69, 9.17) is 18.5 Å². The molecule has 0 aliphatic heterocycles. The third kappa shape index (κ3) is 21.9. The highest BCUT2D eigenvalue weighted by molar-refractivity contribution is 7.54. The van der Waals surface area contributed by atoms with E-state index < -0.39 is 7.60 Å². The maximum Gasteiger partial charge on any atom is 0.335 e. The molecule has 0 aromatic heterocycles. The van der Waals surface area contributed by atoms with Crippen LogP contribution in [0.1, 0.15) is 125 Å².